The van der Waals surface area contributed by atoms with Crippen LogP contribution < -0.4 is 40.0 Å². The molecule has 0 saturated carbocycles. The van der Waals surface area contributed by atoms with Gasteiger partial charge in [0, 0.05) is 10.4 Å². The van der Waals surface area contributed by atoms with E-state index in [9.17, 15) is 28.0 Å². The number of hydrogen-bond acceptors (Lipinski definition) is 8. The average molecular weight is 522 g/mol. The van der Waals surface area contributed by atoms with Crippen molar-refractivity contribution in [2.45, 2.75) is 11.8 Å². The van der Waals surface area contributed by atoms with Crippen LogP contribution in [0.2, 0.25) is 10.0 Å². The third-order valence-corrected chi connectivity index (χ3v) is 5.44. The Morgan fingerprint density at radius 2 is 1.88 bits per heavy atom. The Morgan fingerprint density at radius 3 is 2.52 bits per heavy atom. The van der Waals surface area contributed by atoms with Crippen molar-refractivity contribution in [2.75, 3.05) is 11.9 Å². The van der Waals surface area contributed by atoms with Crippen molar-refractivity contribution in [3.63, 3.8) is 0 Å². The summed E-state index contributed by atoms with van der Waals surface area (Å²) in [5, 5.41) is 32.9. The molecular formula is C19H14Cl2N3NaO7S. The third kappa shape index (κ3) is 6.27. The Bertz CT molecular complexity index is 1370. The van der Waals surface area contributed by atoms with Crippen LogP contribution in [0.25, 0.3) is 10.8 Å². The van der Waals surface area contributed by atoms with Gasteiger partial charge in [-0.05, 0) is 36.6 Å². The molecule has 3 aromatic carbocycles. The number of anilines is 1. The zero-order valence-corrected chi connectivity index (χ0v) is 21.5. The molecule has 0 spiro atoms. The van der Waals surface area contributed by atoms with Crippen molar-refractivity contribution >= 4 is 67.2 Å². The standard InChI is InChI=1S/C19H15Cl2N3O7S.Na/c1-2-31-19(27)22-13-8-11(32(28,29)30)5-9-3-4-15(25)17(16(9)13)24-23-14-7-10(20)6-12(21)18(14)26;/h3-8,25-26H,2H2,1H3,(H,22,27)(H,28,29,30);/q;+1/p-1. The molecule has 3 rings (SSSR count). The maximum Gasteiger partial charge on any atom is 1.00 e. The van der Waals surface area contributed by atoms with Gasteiger partial charge in [-0.1, -0.05) is 41.1 Å². The van der Waals surface area contributed by atoms with E-state index in [-0.39, 0.29) is 74.0 Å². The van der Waals surface area contributed by atoms with E-state index in [1.165, 1.54) is 18.2 Å². The first-order valence-electron chi connectivity index (χ1n) is 8.80. The van der Waals surface area contributed by atoms with Crippen molar-refractivity contribution in [3.05, 3.63) is 46.4 Å². The van der Waals surface area contributed by atoms with Gasteiger partial charge in [-0.25, -0.2) is 4.79 Å². The Morgan fingerprint density at radius 1 is 1.18 bits per heavy atom. The SMILES string of the molecule is CCOC(=O)Nc1cc(S(=O)(=O)O)cc2ccc([O-])c(N=Nc3cc(Cl)cc(Cl)c3O)c12.[Na+]. The number of phenols is 1. The number of ether oxygens (including phenoxy) is 1. The molecule has 3 N–H and O–H groups in total. The third-order valence-electron chi connectivity index (χ3n) is 4.10. The summed E-state index contributed by atoms with van der Waals surface area (Å²) in [6.07, 6.45) is -0.931. The summed E-state index contributed by atoms with van der Waals surface area (Å²) >= 11 is 11.8. The molecule has 0 aliphatic heterocycles. The first-order chi connectivity index (χ1) is 15.0. The number of halogens is 2. The van der Waals surface area contributed by atoms with E-state index >= 15 is 0 Å². The maximum absolute atomic E-state index is 12.5. The molecule has 0 bridgehead atoms. The summed E-state index contributed by atoms with van der Waals surface area (Å²) in [4.78, 5) is 11.4. The van der Waals surface area contributed by atoms with Crippen LogP contribution in [0.1, 0.15) is 6.92 Å². The van der Waals surface area contributed by atoms with E-state index in [1.54, 1.807) is 6.92 Å². The number of amides is 1. The average Bonchev–Trinajstić information content (AvgIpc) is 2.70. The number of nitrogens with one attached hydrogen (secondary N) is 1. The van der Waals surface area contributed by atoms with Crippen LogP contribution in [0.5, 0.6) is 11.5 Å². The molecule has 3 aromatic rings. The maximum atomic E-state index is 12.5. The predicted molar refractivity (Wildman–Crippen MR) is 116 cm³/mol. The van der Waals surface area contributed by atoms with Gasteiger partial charge in [0.15, 0.2) is 5.75 Å². The molecule has 0 aliphatic carbocycles. The van der Waals surface area contributed by atoms with Gasteiger partial charge < -0.3 is 14.9 Å². The summed E-state index contributed by atoms with van der Waals surface area (Å²) in [5.41, 5.74) is -0.589. The number of benzene rings is 3. The molecule has 168 valence electrons. The number of fused-ring (bicyclic) bond motifs is 1. The van der Waals surface area contributed by atoms with Crippen LogP contribution in [0.3, 0.4) is 0 Å². The predicted octanol–water partition coefficient (Wildman–Crippen LogP) is 2.16. The first-order valence-corrected chi connectivity index (χ1v) is 11.0. The van der Waals surface area contributed by atoms with Crippen molar-refractivity contribution < 1.29 is 62.3 Å². The van der Waals surface area contributed by atoms with Gasteiger partial charge in [0.1, 0.15) is 5.69 Å². The monoisotopic (exact) mass is 521 g/mol. The summed E-state index contributed by atoms with van der Waals surface area (Å²) < 4.78 is 37.6. The zero-order valence-electron chi connectivity index (χ0n) is 17.2. The molecular weight excluding hydrogens is 508 g/mol. The van der Waals surface area contributed by atoms with Crippen LogP contribution in [0.4, 0.5) is 21.9 Å². The zero-order chi connectivity index (χ0) is 23.6. The van der Waals surface area contributed by atoms with E-state index < -0.39 is 32.6 Å². The molecule has 0 unspecified atom stereocenters. The normalized spacial score (nSPS) is 11.4. The van der Waals surface area contributed by atoms with Crippen LogP contribution in [-0.2, 0) is 14.9 Å². The number of carbonyl (C=O) groups excluding carboxylic acids is 1. The van der Waals surface area contributed by atoms with Crippen molar-refractivity contribution in [1.82, 2.24) is 0 Å². The van der Waals surface area contributed by atoms with Crippen molar-refractivity contribution in [2.24, 2.45) is 10.2 Å². The molecule has 10 nitrogen and oxygen atoms in total. The van der Waals surface area contributed by atoms with Gasteiger partial charge in [0.05, 0.1) is 27.9 Å². The quantitative estimate of drug-likeness (QED) is 0.263. The molecule has 1 amide bonds. The number of hydrogen-bond donors (Lipinski definition) is 3. The van der Waals surface area contributed by atoms with Gasteiger partial charge in [-0.3, -0.25) is 9.87 Å². The molecule has 0 aromatic heterocycles. The molecule has 14 heteroatoms. The summed E-state index contributed by atoms with van der Waals surface area (Å²) in [7, 11) is -4.64. The van der Waals surface area contributed by atoms with Gasteiger partial charge >= 0.3 is 35.7 Å². The molecule has 33 heavy (non-hydrogen) atoms. The largest absolute Gasteiger partial charge is 1.00 e. The van der Waals surface area contributed by atoms with E-state index in [0.29, 0.717) is 0 Å². The molecule has 0 saturated heterocycles. The first kappa shape index (κ1) is 27.1. The van der Waals surface area contributed by atoms with Crippen LogP contribution in [0, 0.1) is 0 Å². The fourth-order valence-electron chi connectivity index (χ4n) is 2.76. The summed E-state index contributed by atoms with van der Waals surface area (Å²) in [5.74, 6) is -1.05. The van der Waals surface area contributed by atoms with E-state index in [2.05, 4.69) is 15.5 Å². The fourth-order valence-corrected chi connectivity index (χ4v) is 3.78. The second-order valence-electron chi connectivity index (χ2n) is 6.26. The number of rotatable bonds is 5. The Hall–Kier alpha value is -2.12. The molecule has 0 atom stereocenters. The van der Waals surface area contributed by atoms with Gasteiger partial charge in [0.2, 0.25) is 0 Å². The van der Waals surface area contributed by atoms with Gasteiger partial charge in [-0.2, -0.15) is 13.5 Å². The second kappa shape index (κ2) is 10.9. The van der Waals surface area contributed by atoms with E-state index in [0.717, 1.165) is 18.2 Å². The Balaban J connectivity index is 0.00000385. The minimum Gasteiger partial charge on any atom is -0.871 e. The summed E-state index contributed by atoms with van der Waals surface area (Å²) in [6, 6.07) is 6.97. The minimum atomic E-state index is -4.64. The Labute approximate surface area is 220 Å². The topological polar surface area (TPSA) is 161 Å². The van der Waals surface area contributed by atoms with Gasteiger partial charge in [0.25, 0.3) is 10.1 Å². The van der Waals surface area contributed by atoms with Crippen LogP contribution in [0.15, 0.2) is 51.5 Å². The van der Waals surface area contributed by atoms with Gasteiger partial charge in [-0.15, -0.1) is 5.11 Å². The molecule has 0 heterocycles. The van der Waals surface area contributed by atoms with Crippen LogP contribution in [-0.4, -0.2) is 30.8 Å². The number of aromatic hydroxyl groups is 1. The van der Waals surface area contributed by atoms with Crippen molar-refractivity contribution in [3.8, 4) is 11.5 Å². The smallest absolute Gasteiger partial charge is 0.871 e. The van der Waals surface area contributed by atoms with Crippen LogP contribution >= 0.6 is 23.2 Å². The van der Waals surface area contributed by atoms with E-state index in [4.69, 9.17) is 27.9 Å². The second-order valence-corrected chi connectivity index (χ2v) is 8.52. The van der Waals surface area contributed by atoms with E-state index in [1.807, 2.05) is 0 Å². The fraction of sp³-hybridized carbons (Fsp3) is 0.105. The molecule has 0 radical (unpaired) electrons. The number of phenolic OH excluding ortho intramolecular Hbond substituents is 1. The molecule has 0 aliphatic rings. The Kier molecular flexibility index (Phi) is 8.94. The number of nitrogens with zero attached hydrogens (tertiary/aromatic N) is 2. The van der Waals surface area contributed by atoms with Crippen molar-refractivity contribution in [1.29, 1.82) is 0 Å². The number of carbonyl (C=O) groups is 1. The summed E-state index contributed by atoms with van der Waals surface area (Å²) in [6.45, 7) is 1.58. The number of azo groups is 1. The minimum absolute atomic E-state index is 0. The molecule has 0 fully saturated rings.